The monoisotopic (exact) mass is 201 g/mol. The Morgan fingerprint density at radius 3 is 2.40 bits per heavy atom. The number of aliphatic hydroxyl groups excluding tert-OH is 1. The van der Waals surface area contributed by atoms with Gasteiger partial charge in [-0.3, -0.25) is 0 Å². The fraction of sp³-hybridized carbons (Fsp3) is 0.231. The average molecular weight is 201 g/mol. The summed E-state index contributed by atoms with van der Waals surface area (Å²) in [4.78, 5) is 0. The lowest BCUT2D eigenvalue weighted by molar-refractivity contribution is 0.153. The van der Waals surface area contributed by atoms with Gasteiger partial charge in [-0.2, -0.15) is 0 Å². The Bertz CT molecular complexity index is 465. The molecule has 0 spiro atoms. The molecule has 0 amide bonds. The highest BCUT2D eigenvalue weighted by atomic mass is 16.3. The second-order valence-electron chi connectivity index (χ2n) is 3.91. The van der Waals surface area contributed by atoms with Crippen molar-refractivity contribution in [3.8, 4) is 0 Å². The van der Waals surface area contributed by atoms with Gasteiger partial charge in [-0.15, -0.1) is 0 Å². The van der Waals surface area contributed by atoms with Crippen LogP contribution >= 0.6 is 0 Å². The van der Waals surface area contributed by atoms with Gasteiger partial charge in [0.25, 0.3) is 0 Å². The summed E-state index contributed by atoms with van der Waals surface area (Å²) in [5.41, 5.74) is 6.54. The fourth-order valence-corrected chi connectivity index (χ4v) is 1.70. The van der Waals surface area contributed by atoms with E-state index in [4.69, 9.17) is 5.73 Å². The number of hydrogen-bond acceptors (Lipinski definition) is 2. The van der Waals surface area contributed by atoms with Crippen molar-refractivity contribution in [3.63, 3.8) is 0 Å². The van der Waals surface area contributed by atoms with E-state index in [1.807, 2.05) is 36.4 Å². The Morgan fingerprint density at radius 1 is 1.07 bits per heavy atom. The predicted octanol–water partition coefficient (Wildman–Crippen LogP) is 2.22. The molecule has 2 heteroatoms. The third-order valence-corrected chi connectivity index (χ3v) is 2.61. The quantitative estimate of drug-likeness (QED) is 0.782. The first-order valence-electron chi connectivity index (χ1n) is 5.11. The van der Waals surface area contributed by atoms with Crippen molar-refractivity contribution in [1.82, 2.24) is 0 Å². The van der Waals surface area contributed by atoms with E-state index in [1.165, 1.54) is 5.39 Å². The molecule has 0 saturated heterocycles. The predicted molar refractivity (Wildman–Crippen MR) is 62.6 cm³/mol. The van der Waals surface area contributed by atoms with Crippen LogP contribution in [0.2, 0.25) is 0 Å². The minimum Gasteiger partial charge on any atom is -0.387 e. The molecule has 0 radical (unpaired) electrons. The normalized spacial score (nSPS) is 15.1. The summed E-state index contributed by atoms with van der Waals surface area (Å²) in [6.45, 7) is 1.81. The highest BCUT2D eigenvalue weighted by molar-refractivity contribution is 5.83. The van der Waals surface area contributed by atoms with Gasteiger partial charge in [0.2, 0.25) is 0 Å². The van der Waals surface area contributed by atoms with Gasteiger partial charge in [0.15, 0.2) is 0 Å². The Labute approximate surface area is 89.3 Å². The summed E-state index contributed by atoms with van der Waals surface area (Å²) in [6.07, 6.45) is -0.588. The standard InChI is InChI=1S/C13H15NO/c1-9(14)13(15)12-7-6-10-4-2-3-5-11(10)8-12/h2-9,13,15H,14H2,1H3/t9-,13?/m0/s1. The number of rotatable bonds is 2. The molecule has 2 atom stereocenters. The van der Waals surface area contributed by atoms with E-state index in [0.717, 1.165) is 10.9 Å². The molecular formula is C13H15NO. The molecular weight excluding hydrogens is 186 g/mol. The molecule has 3 N–H and O–H groups in total. The van der Waals surface area contributed by atoms with Crippen molar-refractivity contribution in [1.29, 1.82) is 0 Å². The van der Waals surface area contributed by atoms with Gasteiger partial charge in [-0.1, -0.05) is 36.4 Å². The SMILES string of the molecule is C[C@H](N)C(O)c1ccc2ccccc2c1. The first-order chi connectivity index (χ1) is 7.18. The number of hydrogen-bond donors (Lipinski definition) is 2. The molecule has 0 aliphatic rings. The topological polar surface area (TPSA) is 46.2 Å². The highest BCUT2D eigenvalue weighted by Crippen LogP contribution is 2.21. The van der Waals surface area contributed by atoms with Gasteiger partial charge in [0.1, 0.15) is 0 Å². The van der Waals surface area contributed by atoms with Gasteiger partial charge < -0.3 is 10.8 Å². The van der Waals surface area contributed by atoms with Crippen LogP contribution in [0.25, 0.3) is 10.8 Å². The van der Waals surface area contributed by atoms with Crippen LogP contribution in [0.15, 0.2) is 42.5 Å². The maximum atomic E-state index is 9.83. The maximum absolute atomic E-state index is 9.83. The summed E-state index contributed by atoms with van der Waals surface area (Å²) < 4.78 is 0. The largest absolute Gasteiger partial charge is 0.387 e. The van der Waals surface area contributed by atoms with E-state index in [9.17, 15) is 5.11 Å². The van der Waals surface area contributed by atoms with E-state index in [1.54, 1.807) is 6.92 Å². The Kier molecular flexibility index (Phi) is 2.71. The zero-order valence-electron chi connectivity index (χ0n) is 8.72. The molecule has 0 aliphatic heterocycles. The van der Waals surface area contributed by atoms with Crippen LogP contribution in [-0.2, 0) is 0 Å². The minimum absolute atomic E-state index is 0.244. The van der Waals surface area contributed by atoms with Crippen molar-refractivity contribution in [3.05, 3.63) is 48.0 Å². The zero-order valence-corrected chi connectivity index (χ0v) is 8.72. The van der Waals surface area contributed by atoms with Gasteiger partial charge >= 0.3 is 0 Å². The molecule has 0 saturated carbocycles. The van der Waals surface area contributed by atoms with Crippen LogP contribution in [0.5, 0.6) is 0 Å². The van der Waals surface area contributed by atoms with Gasteiger partial charge in [-0.05, 0) is 29.3 Å². The molecule has 1 unspecified atom stereocenters. The van der Waals surface area contributed by atoms with Crippen molar-refractivity contribution < 1.29 is 5.11 Å². The Morgan fingerprint density at radius 2 is 1.73 bits per heavy atom. The summed E-state index contributed by atoms with van der Waals surface area (Å²) in [5.74, 6) is 0. The number of aliphatic hydroxyl groups is 1. The van der Waals surface area contributed by atoms with Gasteiger partial charge in [0, 0.05) is 6.04 Å². The first-order valence-corrected chi connectivity index (χ1v) is 5.11. The second-order valence-corrected chi connectivity index (χ2v) is 3.91. The molecule has 2 nitrogen and oxygen atoms in total. The van der Waals surface area contributed by atoms with Crippen LogP contribution in [-0.4, -0.2) is 11.1 Å². The second kappa shape index (κ2) is 4.01. The fourth-order valence-electron chi connectivity index (χ4n) is 1.70. The number of benzene rings is 2. The third kappa shape index (κ3) is 2.01. The van der Waals surface area contributed by atoms with Crippen LogP contribution in [0, 0.1) is 0 Å². The number of fused-ring (bicyclic) bond motifs is 1. The van der Waals surface area contributed by atoms with Gasteiger partial charge in [0.05, 0.1) is 6.10 Å². The van der Waals surface area contributed by atoms with Crippen molar-refractivity contribution in [2.75, 3.05) is 0 Å². The van der Waals surface area contributed by atoms with Crippen LogP contribution in [0.4, 0.5) is 0 Å². The van der Waals surface area contributed by atoms with Crippen LogP contribution < -0.4 is 5.73 Å². The molecule has 0 fully saturated rings. The lowest BCUT2D eigenvalue weighted by atomic mass is 10.0. The van der Waals surface area contributed by atoms with Gasteiger partial charge in [-0.25, -0.2) is 0 Å². The smallest absolute Gasteiger partial charge is 0.0938 e. The van der Waals surface area contributed by atoms with Crippen LogP contribution in [0.3, 0.4) is 0 Å². The first kappa shape index (κ1) is 10.1. The van der Waals surface area contributed by atoms with E-state index in [-0.39, 0.29) is 6.04 Å². The summed E-state index contributed by atoms with van der Waals surface area (Å²) in [6, 6.07) is 13.8. The summed E-state index contributed by atoms with van der Waals surface area (Å²) in [7, 11) is 0. The number of nitrogens with two attached hydrogens (primary N) is 1. The molecule has 15 heavy (non-hydrogen) atoms. The van der Waals surface area contributed by atoms with Crippen LogP contribution in [0.1, 0.15) is 18.6 Å². The van der Waals surface area contributed by atoms with Crippen molar-refractivity contribution in [2.24, 2.45) is 5.73 Å². The average Bonchev–Trinajstić information content (AvgIpc) is 2.27. The molecule has 0 bridgehead atoms. The van der Waals surface area contributed by atoms with Crippen molar-refractivity contribution in [2.45, 2.75) is 19.1 Å². The van der Waals surface area contributed by atoms with E-state index in [0.29, 0.717) is 0 Å². The third-order valence-electron chi connectivity index (χ3n) is 2.61. The summed E-state index contributed by atoms with van der Waals surface area (Å²) >= 11 is 0. The Balaban J connectivity index is 2.47. The molecule has 78 valence electrons. The minimum atomic E-state index is -0.588. The molecule has 0 aliphatic carbocycles. The lowest BCUT2D eigenvalue weighted by Crippen LogP contribution is -2.24. The molecule has 0 heterocycles. The van der Waals surface area contributed by atoms with E-state index in [2.05, 4.69) is 6.07 Å². The maximum Gasteiger partial charge on any atom is 0.0938 e. The Hall–Kier alpha value is -1.38. The van der Waals surface area contributed by atoms with Crippen molar-refractivity contribution >= 4 is 10.8 Å². The molecule has 2 aromatic rings. The zero-order chi connectivity index (χ0) is 10.8. The molecule has 2 rings (SSSR count). The lowest BCUT2D eigenvalue weighted by Gasteiger charge is -2.15. The van der Waals surface area contributed by atoms with E-state index >= 15 is 0 Å². The highest BCUT2D eigenvalue weighted by Gasteiger charge is 2.12. The van der Waals surface area contributed by atoms with E-state index < -0.39 is 6.10 Å². The molecule has 0 aromatic heterocycles. The molecule has 2 aromatic carbocycles. The summed E-state index contributed by atoms with van der Waals surface area (Å²) in [5, 5.41) is 12.1.